The number of hydrogen-bond acceptors (Lipinski definition) is 4. The van der Waals surface area contributed by atoms with Crippen LogP contribution < -0.4 is 4.72 Å². The average molecular weight is 374 g/mol. The SMILES string of the molecule is Cc1c(CNS(=O)(=O)c2ccc(CO)cc2Br)cnn1C. The van der Waals surface area contributed by atoms with Crippen LogP contribution in [0.15, 0.2) is 33.8 Å². The Morgan fingerprint density at radius 2 is 2.14 bits per heavy atom. The predicted molar refractivity (Wildman–Crippen MR) is 82.0 cm³/mol. The summed E-state index contributed by atoms with van der Waals surface area (Å²) < 4.78 is 29.3. The van der Waals surface area contributed by atoms with Crippen LogP contribution in [0.2, 0.25) is 0 Å². The van der Waals surface area contributed by atoms with Gasteiger partial charge in [0.1, 0.15) is 0 Å². The molecule has 6 nitrogen and oxygen atoms in total. The second-order valence-corrected chi connectivity index (χ2v) is 7.22. The normalized spacial score (nSPS) is 11.8. The number of aliphatic hydroxyl groups excluding tert-OH is 1. The second kappa shape index (κ2) is 6.27. The molecule has 0 atom stereocenters. The fourth-order valence-corrected chi connectivity index (χ4v) is 3.96. The number of benzene rings is 1. The number of aliphatic hydroxyl groups is 1. The first kappa shape index (κ1) is 16.2. The quantitative estimate of drug-likeness (QED) is 0.830. The molecule has 0 radical (unpaired) electrons. The molecule has 0 amide bonds. The lowest BCUT2D eigenvalue weighted by atomic mass is 10.2. The lowest BCUT2D eigenvalue weighted by Gasteiger charge is -2.09. The van der Waals surface area contributed by atoms with Gasteiger partial charge < -0.3 is 5.11 Å². The standard InChI is InChI=1S/C13H16BrN3O3S/c1-9-11(6-15-17(9)2)7-16-21(19,20)13-4-3-10(8-18)5-12(13)14/h3-6,16,18H,7-8H2,1-2H3. The molecule has 8 heteroatoms. The van der Waals surface area contributed by atoms with E-state index in [9.17, 15) is 8.42 Å². The molecule has 0 aliphatic heterocycles. The predicted octanol–water partition coefficient (Wildman–Crippen LogP) is 1.46. The second-order valence-electron chi connectivity index (χ2n) is 4.63. The van der Waals surface area contributed by atoms with E-state index in [1.807, 2.05) is 6.92 Å². The average Bonchev–Trinajstić information content (AvgIpc) is 2.76. The molecular weight excluding hydrogens is 358 g/mol. The summed E-state index contributed by atoms with van der Waals surface area (Å²) in [7, 11) is -1.83. The van der Waals surface area contributed by atoms with Gasteiger partial charge in [0.25, 0.3) is 0 Å². The number of aryl methyl sites for hydroxylation is 1. The van der Waals surface area contributed by atoms with Crippen molar-refractivity contribution in [3.8, 4) is 0 Å². The van der Waals surface area contributed by atoms with Crippen LogP contribution in [0, 0.1) is 6.92 Å². The highest BCUT2D eigenvalue weighted by Gasteiger charge is 2.18. The molecule has 0 saturated carbocycles. The van der Waals surface area contributed by atoms with Gasteiger partial charge in [-0.25, -0.2) is 13.1 Å². The highest BCUT2D eigenvalue weighted by Crippen LogP contribution is 2.23. The molecule has 1 aromatic heterocycles. The van der Waals surface area contributed by atoms with Crippen LogP contribution in [0.25, 0.3) is 0 Å². The monoisotopic (exact) mass is 373 g/mol. The van der Waals surface area contributed by atoms with Crippen molar-refractivity contribution in [3.05, 3.63) is 45.7 Å². The first-order valence-corrected chi connectivity index (χ1v) is 8.49. The van der Waals surface area contributed by atoms with Crippen LogP contribution in [0.3, 0.4) is 0 Å². The van der Waals surface area contributed by atoms with Crippen LogP contribution in [0.4, 0.5) is 0 Å². The Labute approximate surface area is 132 Å². The zero-order valence-electron chi connectivity index (χ0n) is 11.7. The maximum absolute atomic E-state index is 12.3. The van der Waals surface area contributed by atoms with Crippen molar-refractivity contribution in [2.75, 3.05) is 0 Å². The fraction of sp³-hybridized carbons (Fsp3) is 0.308. The van der Waals surface area contributed by atoms with Crippen LogP contribution in [-0.4, -0.2) is 23.3 Å². The minimum Gasteiger partial charge on any atom is -0.392 e. The molecule has 114 valence electrons. The molecule has 1 aromatic carbocycles. The van der Waals surface area contributed by atoms with Gasteiger partial charge in [0.05, 0.1) is 17.7 Å². The number of rotatable bonds is 5. The van der Waals surface area contributed by atoms with Crippen LogP contribution >= 0.6 is 15.9 Å². The summed E-state index contributed by atoms with van der Waals surface area (Å²) in [5, 5.41) is 13.1. The first-order chi connectivity index (χ1) is 9.85. The molecule has 0 spiro atoms. The largest absolute Gasteiger partial charge is 0.392 e. The van der Waals surface area contributed by atoms with Gasteiger partial charge in [-0.3, -0.25) is 4.68 Å². The Balaban J connectivity index is 2.21. The molecule has 0 fully saturated rings. The van der Waals surface area contributed by atoms with Gasteiger partial charge in [-0.2, -0.15) is 5.10 Å². The summed E-state index contributed by atoms with van der Waals surface area (Å²) in [6.07, 6.45) is 1.64. The third-order valence-electron chi connectivity index (χ3n) is 3.26. The Kier molecular flexibility index (Phi) is 4.82. The molecule has 0 aliphatic rings. The summed E-state index contributed by atoms with van der Waals surface area (Å²) in [6.45, 7) is 1.92. The lowest BCUT2D eigenvalue weighted by molar-refractivity contribution is 0.281. The fourth-order valence-electron chi connectivity index (χ4n) is 1.83. The minimum absolute atomic E-state index is 0.138. The van der Waals surface area contributed by atoms with Gasteiger partial charge >= 0.3 is 0 Å². The van der Waals surface area contributed by atoms with E-state index in [1.54, 1.807) is 30.1 Å². The van der Waals surface area contributed by atoms with Crippen molar-refractivity contribution in [2.45, 2.75) is 25.0 Å². The zero-order chi connectivity index (χ0) is 15.6. The van der Waals surface area contributed by atoms with E-state index in [0.29, 0.717) is 10.0 Å². The van der Waals surface area contributed by atoms with Crippen LogP contribution in [0.1, 0.15) is 16.8 Å². The molecular formula is C13H16BrN3O3S. The molecule has 2 rings (SSSR count). The topological polar surface area (TPSA) is 84.2 Å². The number of nitrogens with one attached hydrogen (secondary N) is 1. The van der Waals surface area contributed by atoms with Crippen molar-refractivity contribution in [3.63, 3.8) is 0 Å². The van der Waals surface area contributed by atoms with Crippen LogP contribution in [-0.2, 0) is 30.2 Å². The Morgan fingerprint density at radius 3 is 2.67 bits per heavy atom. The summed E-state index contributed by atoms with van der Waals surface area (Å²) in [6, 6.07) is 4.63. The van der Waals surface area contributed by atoms with Gasteiger partial charge in [0, 0.05) is 29.3 Å². The molecule has 0 aliphatic carbocycles. The summed E-state index contributed by atoms with van der Waals surface area (Å²) in [4.78, 5) is 0.140. The molecule has 0 unspecified atom stereocenters. The summed E-state index contributed by atoms with van der Waals surface area (Å²) >= 11 is 3.22. The molecule has 2 aromatic rings. The number of sulfonamides is 1. The van der Waals surface area contributed by atoms with Gasteiger partial charge in [0.2, 0.25) is 10.0 Å². The van der Waals surface area contributed by atoms with Crippen molar-refractivity contribution >= 4 is 26.0 Å². The number of halogens is 1. The summed E-state index contributed by atoms with van der Waals surface area (Å²) in [5.74, 6) is 0. The zero-order valence-corrected chi connectivity index (χ0v) is 14.1. The number of nitrogens with zero attached hydrogens (tertiary/aromatic N) is 2. The minimum atomic E-state index is -3.64. The highest BCUT2D eigenvalue weighted by molar-refractivity contribution is 9.10. The van der Waals surface area contributed by atoms with Gasteiger partial charge in [-0.05, 0) is 40.5 Å². The third kappa shape index (κ3) is 3.52. The van der Waals surface area contributed by atoms with E-state index >= 15 is 0 Å². The third-order valence-corrected chi connectivity index (χ3v) is 5.64. The van der Waals surface area contributed by atoms with Crippen molar-refractivity contribution in [1.82, 2.24) is 14.5 Å². The van der Waals surface area contributed by atoms with Gasteiger partial charge in [-0.1, -0.05) is 6.07 Å². The Morgan fingerprint density at radius 1 is 1.43 bits per heavy atom. The van der Waals surface area contributed by atoms with E-state index in [4.69, 9.17) is 5.11 Å². The lowest BCUT2D eigenvalue weighted by Crippen LogP contribution is -2.24. The molecule has 0 saturated heterocycles. The molecule has 1 heterocycles. The van der Waals surface area contributed by atoms with Crippen LogP contribution in [0.5, 0.6) is 0 Å². The van der Waals surface area contributed by atoms with Crippen molar-refractivity contribution in [1.29, 1.82) is 0 Å². The highest BCUT2D eigenvalue weighted by atomic mass is 79.9. The Hall–Kier alpha value is -1.22. The smallest absolute Gasteiger partial charge is 0.241 e. The van der Waals surface area contributed by atoms with Gasteiger partial charge in [0.15, 0.2) is 0 Å². The maximum atomic E-state index is 12.3. The molecule has 21 heavy (non-hydrogen) atoms. The number of hydrogen-bond donors (Lipinski definition) is 2. The van der Waals surface area contributed by atoms with E-state index < -0.39 is 10.0 Å². The summed E-state index contributed by atoms with van der Waals surface area (Å²) in [5.41, 5.74) is 2.38. The Bertz CT molecular complexity index is 756. The van der Waals surface area contributed by atoms with E-state index in [1.165, 1.54) is 6.07 Å². The number of aromatic nitrogens is 2. The van der Waals surface area contributed by atoms with E-state index in [0.717, 1.165) is 11.3 Å². The van der Waals surface area contributed by atoms with Crippen molar-refractivity contribution < 1.29 is 13.5 Å². The first-order valence-electron chi connectivity index (χ1n) is 6.21. The van der Waals surface area contributed by atoms with E-state index in [2.05, 4.69) is 25.8 Å². The molecule has 0 bridgehead atoms. The maximum Gasteiger partial charge on any atom is 0.241 e. The van der Waals surface area contributed by atoms with Gasteiger partial charge in [-0.15, -0.1) is 0 Å². The van der Waals surface area contributed by atoms with Crippen molar-refractivity contribution in [2.24, 2.45) is 7.05 Å². The van der Waals surface area contributed by atoms with E-state index in [-0.39, 0.29) is 18.0 Å². The molecule has 2 N–H and O–H groups in total.